The number of para-hydroxylation sites is 2. The molecular formula is C22H19N3O2. The number of pyridine rings is 1. The Hall–Kier alpha value is -3.34. The molecule has 5 heteroatoms. The van der Waals surface area contributed by atoms with Gasteiger partial charge in [-0.15, -0.1) is 0 Å². The molecule has 2 aliphatic heterocycles. The maximum atomic E-state index is 6.38. The smallest absolute Gasteiger partial charge is 0.217 e. The fourth-order valence-electron chi connectivity index (χ4n) is 3.82. The Morgan fingerprint density at radius 1 is 1.00 bits per heavy atom. The number of hydrogen-bond donors (Lipinski definition) is 0. The number of ether oxygens (including phenoxy) is 2. The Balaban J connectivity index is 1.63. The van der Waals surface area contributed by atoms with Crippen LogP contribution < -0.4 is 9.47 Å². The summed E-state index contributed by atoms with van der Waals surface area (Å²) in [5.74, 6) is 1.70. The molecule has 27 heavy (non-hydrogen) atoms. The minimum Gasteiger partial charge on any atom is -0.496 e. The highest BCUT2D eigenvalue weighted by molar-refractivity contribution is 6.01. The Morgan fingerprint density at radius 2 is 1.81 bits per heavy atom. The summed E-state index contributed by atoms with van der Waals surface area (Å²) in [4.78, 5) is 4.24. The summed E-state index contributed by atoms with van der Waals surface area (Å²) in [5, 5.41) is 7.00. The summed E-state index contributed by atoms with van der Waals surface area (Å²) in [6, 6.07) is 20.3. The van der Waals surface area contributed by atoms with Crippen molar-refractivity contribution >= 4 is 5.71 Å². The third kappa shape index (κ3) is 2.63. The van der Waals surface area contributed by atoms with Gasteiger partial charge in [0.25, 0.3) is 0 Å². The molecule has 0 spiro atoms. The number of fused-ring (bicyclic) bond motifs is 3. The third-order valence-electron chi connectivity index (χ3n) is 5.10. The largest absolute Gasteiger partial charge is 0.496 e. The molecule has 3 aromatic rings. The van der Waals surface area contributed by atoms with Crippen LogP contribution in [0.4, 0.5) is 0 Å². The van der Waals surface area contributed by atoms with Gasteiger partial charge in [0.15, 0.2) is 0 Å². The highest BCUT2D eigenvalue weighted by atomic mass is 16.5. The predicted octanol–water partition coefficient (Wildman–Crippen LogP) is 4.33. The molecule has 5 rings (SSSR count). The maximum absolute atomic E-state index is 6.38. The summed E-state index contributed by atoms with van der Waals surface area (Å²) in [6.45, 7) is 0. The van der Waals surface area contributed by atoms with Gasteiger partial charge in [-0.1, -0.05) is 36.4 Å². The normalized spacial score (nSPS) is 20.3. The van der Waals surface area contributed by atoms with Crippen molar-refractivity contribution in [2.24, 2.45) is 5.10 Å². The Labute approximate surface area is 157 Å². The average Bonchev–Trinajstić information content (AvgIpc) is 3.19. The molecule has 1 aromatic heterocycles. The number of hydrazone groups is 1. The second kappa shape index (κ2) is 6.43. The molecule has 134 valence electrons. The molecular weight excluding hydrogens is 338 g/mol. The second-order valence-corrected chi connectivity index (χ2v) is 6.64. The Morgan fingerprint density at radius 3 is 2.63 bits per heavy atom. The number of aromatic nitrogens is 1. The number of rotatable bonds is 3. The summed E-state index contributed by atoms with van der Waals surface area (Å²) < 4.78 is 12.0. The van der Waals surface area contributed by atoms with Crippen LogP contribution in [0.15, 0.2) is 78.2 Å². The zero-order valence-electron chi connectivity index (χ0n) is 14.9. The number of benzene rings is 2. The van der Waals surface area contributed by atoms with E-state index in [0.717, 1.165) is 40.3 Å². The van der Waals surface area contributed by atoms with Crippen molar-refractivity contribution < 1.29 is 9.47 Å². The SMILES string of the molecule is COc1ccccc1[C@H]1Oc2ccccc2[C@H]2CC(c3cccnc3)=NN21. The van der Waals surface area contributed by atoms with E-state index in [1.54, 1.807) is 13.3 Å². The summed E-state index contributed by atoms with van der Waals surface area (Å²) in [6.07, 6.45) is 4.12. The number of hydrogen-bond acceptors (Lipinski definition) is 5. The molecule has 0 aliphatic carbocycles. The second-order valence-electron chi connectivity index (χ2n) is 6.64. The fraction of sp³-hybridized carbons (Fsp3) is 0.182. The molecule has 2 aliphatic rings. The van der Waals surface area contributed by atoms with Crippen molar-refractivity contribution in [3.63, 3.8) is 0 Å². The van der Waals surface area contributed by atoms with E-state index in [0.29, 0.717) is 0 Å². The number of methoxy groups -OCH3 is 1. The highest BCUT2D eigenvalue weighted by Crippen LogP contribution is 2.48. The van der Waals surface area contributed by atoms with E-state index in [-0.39, 0.29) is 12.3 Å². The lowest BCUT2D eigenvalue weighted by atomic mass is 9.96. The molecule has 5 nitrogen and oxygen atoms in total. The first kappa shape index (κ1) is 15.9. The molecule has 0 fully saturated rings. The van der Waals surface area contributed by atoms with Crippen LogP contribution in [0.3, 0.4) is 0 Å². The zero-order chi connectivity index (χ0) is 18.2. The Bertz CT molecular complexity index is 1000. The lowest BCUT2D eigenvalue weighted by Crippen LogP contribution is -2.33. The van der Waals surface area contributed by atoms with Gasteiger partial charge in [-0.2, -0.15) is 5.10 Å². The predicted molar refractivity (Wildman–Crippen MR) is 103 cm³/mol. The van der Waals surface area contributed by atoms with Crippen molar-refractivity contribution in [3.05, 3.63) is 89.7 Å². The van der Waals surface area contributed by atoms with E-state index in [1.807, 2.05) is 54.7 Å². The molecule has 0 saturated carbocycles. The molecule has 2 atom stereocenters. The molecule has 2 aromatic carbocycles. The lowest BCUT2D eigenvalue weighted by Gasteiger charge is -2.38. The quantitative estimate of drug-likeness (QED) is 0.700. The monoisotopic (exact) mass is 357 g/mol. The first-order valence-corrected chi connectivity index (χ1v) is 9.00. The van der Waals surface area contributed by atoms with Crippen LogP contribution in [0.25, 0.3) is 0 Å². The summed E-state index contributed by atoms with van der Waals surface area (Å²) in [7, 11) is 1.68. The van der Waals surface area contributed by atoms with Gasteiger partial charge >= 0.3 is 0 Å². The van der Waals surface area contributed by atoms with Gasteiger partial charge in [0.05, 0.1) is 24.4 Å². The van der Waals surface area contributed by atoms with Crippen molar-refractivity contribution in [3.8, 4) is 11.5 Å². The molecule has 0 radical (unpaired) electrons. The van der Waals surface area contributed by atoms with Crippen LogP contribution in [0, 0.1) is 0 Å². The topological polar surface area (TPSA) is 47.0 Å². The molecule has 0 unspecified atom stereocenters. The van der Waals surface area contributed by atoms with Gasteiger partial charge in [-0.05, 0) is 24.3 Å². The van der Waals surface area contributed by atoms with E-state index >= 15 is 0 Å². The minimum atomic E-state index is -0.338. The van der Waals surface area contributed by atoms with E-state index in [4.69, 9.17) is 14.6 Å². The van der Waals surface area contributed by atoms with Crippen LogP contribution in [-0.4, -0.2) is 22.8 Å². The van der Waals surface area contributed by atoms with Gasteiger partial charge in [0.1, 0.15) is 11.5 Å². The summed E-state index contributed by atoms with van der Waals surface area (Å²) >= 11 is 0. The molecule has 0 saturated heterocycles. The van der Waals surface area contributed by atoms with Crippen LogP contribution in [0.5, 0.6) is 11.5 Å². The van der Waals surface area contributed by atoms with Crippen LogP contribution in [0.2, 0.25) is 0 Å². The van der Waals surface area contributed by atoms with E-state index in [9.17, 15) is 0 Å². The third-order valence-corrected chi connectivity index (χ3v) is 5.10. The minimum absolute atomic E-state index is 0.125. The summed E-state index contributed by atoms with van der Waals surface area (Å²) in [5.41, 5.74) is 4.19. The highest BCUT2D eigenvalue weighted by Gasteiger charge is 2.41. The first-order chi connectivity index (χ1) is 13.3. The van der Waals surface area contributed by atoms with Crippen molar-refractivity contribution in [1.29, 1.82) is 0 Å². The van der Waals surface area contributed by atoms with Gasteiger partial charge in [-0.3, -0.25) is 4.98 Å². The van der Waals surface area contributed by atoms with Crippen molar-refractivity contribution in [2.75, 3.05) is 7.11 Å². The van der Waals surface area contributed by atoms with E-state index < -0.39 is 0 Å². The molecule has 0 N–H and O–H groups in total. The van der Waals surface area contributed by atoms with Gasteiger partial charge < -0.3 is 9.47 Å². The van der Waals surface area contributed by atoms with Crippen LogP contribution in [-0.2, 0) is 0 Å². The zero-order valence-corrected chi connectivity index (χ0v) is 14.9. The van der Waals surface area contributed by atoms with Crippen molar-refractivity contribution in [2.45, 2.75) is 18.7 Å². The molecule has 0 bridgehead atoms. The number of nitrogens with zero attached hydrogens (tertiary/aromatic N) is 3. The van der Waals surface area contributed by atoms with Gasteiger partial charge in [0.2, 0.25) is 6.23 Å². The van der Waals surface area contributed by atoms with Crippen LogP contribution in [0.1, 0.15) is 35.4 Å². The van der Waals surface area contributed by atoms with Gasteiger partial charge in [0, 0.05) is 29.9 Å². The average molecular weight is 357 g/mol. The molecule has 0 amide bonds. The standard InChI is InChI=1S/C22H19N3O2/c1-26-20-10-4-3-9-17(20)22-25-19(16-8-2-5-11-21(16)27-22)13-18(24-25)15-7-6-12-23-14-15/h2-12,14,19,22H,13H2,1H3/t19-,22-/m1/s1. The molecule has 3 heterocycles. The van der Waals surface area contributed by atoms with E-state index in [1.165, 1.54) is 0 Å². The maximum Gasteiger partial charge on any atom is 0.217 e. The van der Waals surface area contributed by atoms with E-state index in [2.05, 4.69) is 22.1 Å². The fourth-order valence-corrected chi connectivity index (χ4v) is 3.82. The Kier molecular flexibility index (Phi) is 3.78. The lowest BCUT2D eigenvalue weighted by molar-refractivity contribution is -0.0203. The first-order valence-electron chi connectivity index (χ1n) is 9.00. The van der Waals surface area contributed by atoms with Crippen LogP contribution >= 0.6 is 0 Å². The van der Waals surface area contributed by atoms with Crippen molar-refractivity contribution in [1.82, 2.24) is 9.99 Å². The van der Waals surface area contributed by atoms with Gasteiger partial charge in [-0.25, -0.2) is 5.01 Å².